The minimum Gasteiger partial charge on any atom is -0.335 e. The van der Waals surface area contributed by atoms with Crippen LogP contribution >= 0.6 is 0 Å². The number of fused-ring (bicyclic) bond motifs is 1. The number of carbonyl (C=O) groups is 1. The minimum atomic E-state index is -0.450. The first-order valence-corrected chi connectivity index (χ1v) is 8.12. The summed E-state index contributed by atoms with van der Waals surface area (Å²) in [5.41, 5.74) is 0. The summed E-state index contributed by atoms with van der Waals surface area (Å²) < 4.78 is 15.1. The number of anilines is 1. The van der Waals surface area contributed by atoms with Crippen molar-refractivity contribution in [1.82, 2.24) is 29.6 Å². The topological polar surface area (TPSA) is 80.0 Å². The molecule has 0 aromatic carbocycles. The lowest BCUT2D eigenvalue weighted by Gasteiger charge is -2.18. The predicted molar refractivity (Wildman–Crippen MR) is 82.3 cm³/mol. The van der Waals surface area contributed by atoms with E-state index >= 15 is 0 Å². The van der Waals surface area contributed by atoms with E-state index in [1.165, 1.54) is 12.4 Å². The molecular weight excluding hydrogens is 313 g/mol. The third kappa shape index (κ3) is 2.81. The lowest BCUT2D eigenvalue weighted by atomic mass is 10.4. The Balaban J connectivity index is 1.54. The van der Waals surface area contributed by atoms with Gasteiger partial charge in [-0.15, -0.1) is 10.2 Å². The van der Waals surface area contributed by atoms with Crippen LogP contribution in [0.5, 0.6) is 0 Å². The molecule has 0 atom stereocenters. The number of rotatable bonds is 3. The van der Waals surface area contributed by atoms with E-state index in [9.17, 15) is 9.18 Å². The molecule has 0 aliphatic carbocycles. The lowest BCUT2D eigenvalue weighted by Crippen LogP contribution is -2.26. The number of likely N-dealkylation sites (tertiary alicyclic amines) is 1. The van der Waals surface area contributed by atoms with Crippen molar-refractivity contribution >= 4 is 11.9 Å². The van der Waals surface area contributed by atoms with Gasteiger partial charge >= 0.3 is 0 Å². The zero-order chi connectivity index (χ0) is 16.5. The molecule has 2 aromatic heterocycles. The molecule has 0 unspecified atom stereocenters. The quantitative estimate of drug-likeness (QED) is 0.825. The van der Waals surface area contributed by atoms with Gasteiger partial charge in [-0.25, -0.2) is 14.4 Å². The molecule has 1 fully saturated rings. The fourth-order valence-corrected chi connectivity index (χ4v) is 3.22. The van der Waals surface area contributed by atoms with Crippen LogP contribution in [0.3, 0.4) is 0 Å². The van der Waals surface area contributed by atoms with Gasteiger partial charge in [0.2, 0.25) is 11.9 Å². The van der Waals surface area contributed by atoms with Crippen LogP contribution < -0.4 is 4.90 Å². The van der Waals surface area contributed by atoms with Crippen LogP contribution in [0.25, 0.3) is 0 Å². The molecule has 0 radical (unpaired) electrons. The zero-order valence-electron chi connectivity index (χ0n) is 13.2. The molecule has 1 saturated heterocycles. The van der Waals surface area contributed by atoms with E-state index in [1.807, 2.05) is 9.80 Å². The summed E-state index contributed by atoms with van der Waals surface area (Å²) in [6, 6.07) is 0. The fraction of sp³-hybridized carbons (Fsp3) is 0.533. The van der Waals surface area contributed by atoms with E-state index in [2.05, 4.69) is 24.7 Å². The second-order valence-corrected chi connectivity index (χ2v) is 6.08. The van der Waals surface area contributed by atoms with Crippen molar-refractivity contribution in [3.8, 4) is 0 Å². The highest BCUT2D eigenvalue weighted by Crippen LogP contribution is 2.19. The Kier molecular flexibility index (Phi) is 3.83. The van der Waals surface area contributed by atoms with Crippen molar-refractivity contribution in [3.63, 3.8) is 0 Å². The Hall–Kier alpha value is -2.58. The van der Waals surface area contributed by atoms with Crippen molar-refractivity contribution < 1.29 is 9.18 Å². The Morgan fingerprint density at radius 1 is 1.08 bits per heavy atom. The first-order chi connectivity index (χ1) is 11.7. The van der Waals surface area contributed by atoms with Crippen molar-refractivity contribution in [1.29, 1.82) is 0 Å². The number of amides is 1. The zero-order valence-corrected chi connectivity index (χ0v) is 13.2. The van der Waals surface area contributed by atoms with Crippen LogP contribution in [-0.4, -0.2) is 48.6 Å². The molecule has 0 spiro atoms. The molecule has 8 nitrogen and oxygen atoms in total. The first kappa shape index (κ1) is 15.0. The van der Waals surface area contributed by atoms with Gasteiger partial charge in [0.15, 0.2) is 17.5 Å². The van der Waals surface area contributed by atoms with Crippen molar-refractivity contribution in [2.24, 2.45) is 0 Å². The van der Waals surface area contributed by atoms with Crippen LogP contribution in [0.4, 0.5) is 10.3 Å². The number of nitrogens with zero attached hydrogens (tertiary/aromatic N) is 7. The summed E-state index contributed by atoms with van der Waals surface area (Å²) >= 11 is 0. The molecule has 4 heterocycles. The SMILES string of the molecule is O=C1CCCN1Cc1nnc2n1CCCN(c1ncc(F)cn1)C2. The standard InChI is InChI=1S/C15H18FN7O/c16-11-7-17-15(18-8-11)22-5-2-6-23-12(19-20-13(23)10-22)9-21-4-1-3-14(21)24/h7-8H,1-6,9-10H2. The van der Waals surface area contributed by atoms with Crippen LogP contribution in [0.15, 0.2) is 12.4 Å². The number of hydrogen-bond acceptors (Lipinski definition) is 6. The Labute approximate surface area is 138 Å². The monoisotopic (exact) mass is 331 g/mol. The van der Waals surface area contributed by atoms with E-state index in [0.29, 0.717) is 25.5 Å². The highest BCUT2D eigenvalue weighted by atomic mass is 19.1. The second-order valence-electron chi connectivity index (χ2n) is 6.08. The van der Waals surface area contributed by atoms with Gasteiger partial charge in [-0.05, 0) is 12.8 Å². The largest absolute Gasteiger partial charge is 0.335 e. The molecule has 2 aromatic rings. The molecule has 0 bridgehead atoms. The van der Waals surface area contributed by atoms with Crippen LogP contribution in [0.2, 0.25) is 0 Å². The Bertz CT molecular complexity index is 745. The highest BCUT2D eigenvalue weighted by Gasteiger charge is 2.25. The van der Waals surface area contributed by atoms with E-state index in [4.69, 9.17) is 0 Å². The van der Waals surface area contributed by atoms with E-state index in [0.717, 1.165) is 44.1 Å². The van der Waals surface area contributed by atoms with Crippen molar-refractivity contribution in [3.05, 3.63) is 29.9 Å². The van der Waals surface area contributed by atoms with Gasteiger partial charge in [0.25, 0.3) is 0 Å². The van der Waals surface area contributed by atoms with Crippen LogP contribution in [0.1, 0.15) is 30.9 Å². The molecule has 126 valence electrons. The van der Waals surface area contributed by atoms with Crippen molar-refractivity contribution in [2.45, 2.75) is 38.9 Å². The van der Waals surface area contributed by atoms with E-state index < -0.39 is 5.82 Å². The molecule has 0 saturated carbocycles. The van der Waals surface area contributed by atoms with Crippen LogP contribution in [0, 0.1) is 5.82 Å². The van der Waals surface area contributed by atoms with Gasteiger partial charge in [0.05, 0.1) is 25.5 Å². The Morgan fingerprint density at radius 3 is 2.67 bits per heavy atom. The molecule has 4 rings (SSSR count). The number of halogens is 1. The molecule has 2 aliphatic heterocycles. The van der Waals surface area contributed by atoms with Gasteiger partial charge in [0, 0.05) is 26.1 Å². The van der Waals surface area contributed by atoms with E-state index in [-0.39, 0.29) is 5.91 Å². The minimum absolute atomic E-state index is 0.183. The number of hydrogen-bond donors (Lipinski definition) is 0. The van der Waals surface area contributed by atoms with E-state index in [1.54, 1.807) is 0 Å². The number of carbonyl (C=O) groups excluding carboxylic acids is 1. The normalized spacial score (nSPS) is 18.0. The number of aromatic nitrogens is 5. The summed E-state index contributed by atoms with van der Waals surface area (Å²) in [5, 5.41) is 8.55. The van der Waals surface area contributed by atoms with Gasteiger partial charge in [-0.1, -0.05) is 0 Å². The van der Waals surface area contributed by atoms with Crippen LogP contribution in [-0.2, 0) is 24.4 Å². The molecule has 9 heteroatoms. The summed E-state index contributed by atoms with van der Waals surface area (Å²) in [6.07, 6.45) is 4.75. The van der Waals surface area contributed by atoms with Gasteiger partial charge in [-0.3, -0.25) is 4.79 Å². The molecular formula is C15H18FN7O. The fourth-order valence-electron chi connectivity index (χ4n) is 3.22. The predicted octanol–water partition coefficient (Wildman–Crippen LogP) is 0.740. The third-order valence-corrected chi connectivity index (χ3v) is 4.44. The van der Waals surface area contributed by atoms with Gasteiger partial charge < -0.3 is 14.4 Å². The van der Waals surface area contributed by atoms with Crippen molar-refractivity contribution in [2.75, 3.05) is 18.0 Å². The smallest absolute Gasteiger partial charge is 0.225 e. The maximum atomic E-state index is 13.0. The average Bonchev–Trinajstić information content (AvgIpc) is 3.08. The average molecular weight is 331 g/mol. The maximum Gasteiger partial charge on any atom is 0.225 e. The molecule has 1 amide bonds. The third-order valence-electron chi connectivity index (χ3n) is 4.44. The summed E-state index contributed by atoms with van der Waals surface area (Å²) in [4.78, 5) is 23.7. The summed E-state index contributed by atoms with van der Waals surface area (Å²) in [6.45, 7) is 3.37. The highest BCUT2D eigenvalue weighted by molar-refractivity contribution is 5.77. The summed E-state index contributed by atoms with van der Waals surface area (Å²) in [5.74, 6) is 1.87. The molecule has 2 aliphatic rings. The lowest BCUT2D eigenvalue weighted by molar-refractivity contribution is -0.128. The Morgan fingerprint density at radius 2 is 1.92 bits per heavy atom. The van der Waals surface area contributed by atoms with Gasteiger partial charge in [0.1, 0.15) is 0 Å². The molecule has 24 heavy (non-hydrogen) atoms. The second kappa shape index (κ2) is 6.14. The molecule has 0 N–H and O–H groups in total. The van der Waals surface area contributed by atoms with Gasteiger partial charge in [-0.2, -0.15) is 0 Å². The first-order valence-electron chi connectivity index (χ1n) is 8.12. The summed E-state index contributed by atoms with van der Waals surface area (Å²) in [7, 11) is 0. The maximum absolute atomic E-state index is 13.0.